The standard InChI is InChI=1S/C18H12Br3ClN4O2/c19-13-5-11(6-14(20)17(13)27)7-23-24-18(28)16-15(21)9-26(25-16)8-10-1-3-12(22)4-2-10/h1-7,9,27H,8H2,(H,24,28). The molecule has 0 unspecified atom stereocenters. The van der Waals surface area contributed by atoms with Crippen molar-refractivity contribution in [2.45, 2.75) is 6.54 Å². The van der Waals surface area contributed by atoms with Gasteiger partial charge in [-0.2, -0.15) is 10.2 Å². The number of carbonyl (C=O) groups is 1. The summed E-state index contributed by atoms with van der Waals surface area (Å²) in [7, 11) is 0. The number of carbonyl (C=O) groups excluding carboxylic acids is 1. The van der Waals surface area contributed by atoms with Crippen molar-refractivity contribution in [3.8, 4) is 5.75 Å². The van der Waals surface area contributed by atoms with Crippen LogP contribution in [0.25, 0.3) is 0 Å². The molecule has 0 aliphatic heterocycles. The number of hydrogen-bond donors (Lipinski definition) is 2. The van der Waals surface area contributed by atoms with Crippen LogP contribution in [-0.4, -0.2) is 27.0 Å². The molecule has 1 amide bonds. The maximum atomic E-state index is 12.3. The molecule has 0 spiro atoms. The molecule has 144 valence electrons. The average Bonchev–Trinajstić information content (AvgIpc) is 3.01. The van der Waals surface area contributed by atoms with Gasteiger partial charge in [0.2, 0.25) is 0 Å². The Balaban J connectivity index is 1.67. The van der Waals surface area contributed by atoms with E-state index in [4.69, 9.17) is 11.6 Å². The zero-order valence-electron chi connectivity index (χ0n) is 14.0. The number of nitrogens with one attached hydrogen (secondary N) is 1. The number of rotatable bonds is 5. The molecule has 2 N–H and O–H groups in total. The largest absolute Gasteiger partial charge is 0.506 e. The molecule has 0 aliphatic rings. The predicted molar refractivity (Wildman–Crippen MR) is 119 cm³/mol. The monoisotopic (exact) mass is 588 g/mol. The zero-order chi connectivity index (χ0) is 20.3. The average molecular weight is 591 g/mol. The first-order chi connectivity index (χ1) is 13.3. The number of hydrazone groups is 1. The lowest BCUT2D eigenvalue weighted by Gasteiger charge is -2.02. The van der Waals surface area contributed by atoms with Crippen molar-refractivity contribution < 1.29 is 9.90 Å². The van der Waals surface area contributed by atoms with Crippen LogP contribution in [0.2, 0.25) is 5.02 Å². The van der Waals surface area contributed by atoms with Gasteiger partial charge in [-0.25, -0.2) is 5.43 Å². The molecule has 0 aliphatic carbocycles. The van der Waals surface area contributed by atoms with Crippen molar-refractivity contribution >= 4 is 71.5 Å². The lowest BCUT2D eigenvalue weighted by Crippen LogP contribution is -2.19. The van der Waals surface area contributed by atoms with Crippen LogP contribution in [-0.2, 0) is 6.54 Å². The highest BCUT2D eigenvalue weighted by atomic mass is 79.9. The number of halogens is 4. The number of aromatic hydroxyl groups is 1. The Morgan fingerprint density at radius 2 is 1.82 bits per heavy atom. The van der Waals surface area contributed by atoms with Gasteiger partial charge in [0.25, 0.3) is 5.91 Å². The Kier molecular flexibility index (Phi) is 6.92. The van der Waals surface area contributed by atoms with Gasteiger partial charge in [-0.05, 0) is 83.2 Å². The summed E-state index contributed by atoms with van der Waals surface area (Å²) in [6, 6.07) is 10.8. The Hall–Kier alpha value is -1.68. The second kappa shape index (κ2) is 9.21. The molecule has 3 rings (SSSR count). The van der Waals surface area contributed by atoms with E-state index < -0.39 is 5.91 Å². The fourth-order valence-corrected chi connectivity index (χ4v) is 4.13. The smallest absolute Gasteiger partial charge is 0.293 e. The van der Waals surface area contributed by atoms with Crippen molar-refractivity contribution in [3.05, 3.63) is 77.9 Å². The fourth-order valence-electron chi connectivity index (χ4n) is 2.29. The van der Waals surface area contributed by atoms with E-state index in [0.29, 0.717) is 30.5 Å². The van der Waals surface area contributed by atoms with Crippen LogP contribution < -0.4 is 5.43 Å². The van der Waals surface area contributed by atoms with E-state index in [0.717, 1.165) is 5.56 Å². The van der Waals surface area contributed by atoms with Crippen molar-refractivity contribution in [1.29, 1.82) is 0 Å². The van der Waals surface area contributed by atoms with E-state index in [1.807, 2.05) is 12.1 Å². The molecule has 1 aromatic heterocycles. The van der Waals surface area contributed by atoms with E-state index in [2.05, 4.69) is 63.4 Å². The minimum atomic E-state index is -0.449. The summed E-state index contributed by atoms with van der Waals surface area (Å²) in [6.45, 7) is 0.502. The van der Waals surface area contributed by atoms with E-state index in [1.165, 1.54) is 6.21 Å². The molecule has 10 heteroatoms. The summed E-state index contributed by atoms with van der Waals surface area (Å²) in [4.78, 5) is 12.3. The fraction of sp³-hybridized carbons (Fsp3) is 0.0556. The lowest BCUT2D eigenvalue weighted by molar-refractivity contribution is 0.0948. The molecule has 1 heterocycles. The summed E-state index contributed by atoms with van der Waals surface area (Å²) < 4.78 is 3.24. The van der Waals surface area contributed by atoms with Gasteiger partial charge in [0.05, 0.1) is 26.2 Å². The van der Waals surface area contributed by atoms with Gasteiger partial charge in [-0.1, -0.05) is 23.7 Å². The quantitative estimate of drug-likeness (QED) is 0.311. The third-order valence-electron chi connectivity index (χ3n) is 3.61. The zero-order valence-corrected chi connectivity index (χ0v) is 19.5. The Labute approximate surface area is 191 Å². The summed E-state index contributed by atoms with van der Waals surface area (Å²) in [6.07, 6.45) is 3.19. The maximum absolute atomic E-state index is 12.3. The van der Waals surface area contributed by atoms with Gasteiger partial charge < -0.3 is 5.11 Å². The van der Waals surface area contributed by atoms with E-state index >= 15 is 0 Å². The highest BCUT2D eigenvalue weighted by molar-refractivity contribution is 9.11. The first kappa shape index (κ1) is 21.0. The van der Waals surface area contributed by atoms with Gasteiger partial charge in [0.1, 0.15) is 5.75 Å². The molecule has 0 bridgehead atoms. The minimum Gasteiger partial charge on any atom is -0.506 e. The van der Waals surface area contributed by atoms with Crippen LogP contribution in [0.15, 0.2) is 61.1 Å². The second-order valence-corrected chi connectivity index (χ2v) is 8.68. The molecular weight excluding hydrogens is 579 g/mol. The molecule has 0 fully saturated rings. The summed E-state index contributed by atoms with van der Waals surface area (Å²) in [5.41, 5.74) is 4.35. The second-order valence-electron chi connectivity index (χ2n) is 5.68. The Morgan fingerprint density at radius 1 is 1.18 bits per heavy atom. The van der Waals surface area contributed by atoms with Crippen molar-refractivity contribution in [1.82, 2.24) is 15.2 Å². The van der Waals surface area contributed by atoms with Gasteiger partial charge >= 0.3 is 0 Å². The number of hydrogen-bond acceptors (Lipinski definition) is 4. The van der Waals surface area contributed by atoms with E-state index in [-0.39, 0.29) is 11.4 Å². The Morgan fingerprint density at radius 3 is 2.46 bits per heavy atom. The highest BCUT2D eigenvalue weighted by Gasteiger charge is 2.15. The van der Waals surface area contributed by atoms with Crippen LogP contribution in [0.5, 0.6) is 5.75 Å². The summed E-state index contributed by atoms with van der Waals surface area (Å²) in [5.74, 6) is -0.355. The highest BCUT2D eigenvalue weighted by Crippen LogP contribution is 2.32. The van der Waals surface area contributed by atoms with Gasteiger partial charge in [-0.3, -0.25) is 9.48 Å². The first-order valence-corrected chi connectivity index (χ1v) is 10.6. The minimum absolute atomic E-state index is 0.0938. The number of benzene rings is 2. The number of nitrogens with zero attached hydrogens (tertiary/aromatic N) is 3. The van der Waals surface area contributed by atoms with Gasteiger partial charge in [0, 0.05) is 11.2 Å². The maximum Gasteiger partial charge on any atom is 0.293 e. The van der Waals surface area contributed by atoms with Gasteiger partial charge in [0.15, 0.2) is 5.69 Å². The van der Waals surface area contributed by atoms with Crippen molar-refractivity contribution in [2.24, 2.45) is 5.10 Å². The lowest BCUT2D eigenvalue weighted by atomic mass is 10.2. The number of amides is 1. The normalized spacial score (nSPS) is 11.1. The molecule has 0 atom stereocenters. The number of aromatic nitrogens is 2. The molecular formula is C18H12Br3ClN4O2. The molecule has 0 saturated carbocycles. The van der Waals surface area contributed by atoms with Crippen molar-refractivity contribution in [3.63, 3.8) is 0 Å². The van der Waals surface area contributed by atoms with E-state index in [9.17, 15) is 9.90 Å². The van der Waals surface area contributed by atoms with Crippen LogP contribution in [0.4, 0.5) is 0 Å². The molecule has 6 nitrogen and oxygen atoms in total. The number of phenolic OH excluding ortho intramolecular Hbond substituents is 1. The topological polar surface area (TPSA) is 79.5 Å². The molecule has 3 aromatic rings. The Bertz CT molecular complexity index is 1030. The van der Waals surface area contributed by atoms with Crippen molar-refractivity contribution in [2.75, 3.05) is 0 Å². The SMILES string of the molecule is O=C(NN=Cc1cc(Br)c(O)c(Br)c1)c1nn(Cc2ccc(Cl)cc2)cc1Br. The first-order valence-electron chi connectivity index (χ1n) is 7.82. The van der Waals surface area contributed by atoms with Crippen LogP contribution in [0.1, 0.15) is 21.6 Å². The van der Waals surface area contributed by atoms with Crippen LogP contribution >= 0.6 is 59.4 Å². The number of phenols is 1. The van der Waals surface area contributed by atoms with Gasteiger partial charge in [-0.15, -0.1) is 0 Å². The third-order valence-corrected chi connectivity index (χ3v) is 5.65. The van der Waals surface area contributed by atoms with Crippen LogP contribution in [0, 0.1) is 0 Å². The van der Waals surface area contributed by atoms with Crippen LogP contribution in [0.3, 0.4) is 0 Å². The van der Waals surface area contributed by atoms with E-state index in [1.54, 1.807) is 35.1 Å². The molecule has 2 aromatic carbocycles. The summed E-state index contributed by atoms with van der Waals surface area (Å²) >= 11 is 15.7. The third kappa shape index (κ3) is 5.22. The molecule has 0 radical (unpaired) electrons. The molecule has 28 heavy (non-hydrogen) atoms. The molecule has 0 saturated heterocycles. The predicted octanol–water partition coefficient (Wildman–Crippen LogP) is 5.34. The summed E-state index contributed by atoms with van der Waals surface area (Å²) in [5, 5.41) is 18.6.